The molecular weight excluding hydrogens is 273 g/mol. The predicted octanol–water partition coefficient (Wildman–Crippen LogP) is 0.165. The summed E-state index contributed by atoms with van der Waals surface area (Å²) in [7, 11) is 1.39. The van der Waals surface area contributed by atoms with Crippen molar-refractivity contribution in [3.63, 3.8) is 0 Å². The Balaban J connectivity index is 2.46. The third-order valence-electron chi connectivity index (χ3n) is 1.12. The molecule has 1 aromatic rings. The van der Waals surface area contributed by atoms with Gasteiger partial charge in [-0.15, -0.1) is 0 Å². The summed E-state index contributed by atoms with van der Waals surface area (Å²) in [5, 5.41) is 3.93. The second kappa shape index (κ2) is 4.41. The van der Waals surface area contributed by atoms with Crippen molar-refractivity contribution in [2.24, 2.45) is 0 Å². The Kier molecular flexibility index (Phi) is 3.48. The van der Waals surface area contributed by atoms with E-state index in [0.717, 1.165) is 3.57 Å². The molecule has 0 bridgehead atoms. The first-order chi connectivity index (χ1) is 5.72. The van der Waals surface area contributed by atoms with Gasteiger partial charge in [0.15, 0.2) is 0 Å². The molecule has 0 fully saturated rings. The number of amides is 1. The lowest BCUT2D eigenvalue weighted by Crippen LogP contribution is -2.26. The van der Waals surface area contributed by atoms with E-state index in [1.807, 2.05) is 0 Å². The highest BCUT2D eigenvalue weighted by atomic mass is 127. The van der Waals surface area contributed by atoms with Crippen molar-refractivity contribution in [1.82, 2.24) is 15.3 Å². The van der Waals surface area contributed by atoms with Gasteiger partial charge in [-0.1, -0.05) is 0 Å². The number of halogens is 1. The summed E-state index contributed by atoms with van der Waals surface area (Å²) in [6.45, 7) is 0.177. The van der Waals surface area contributed by atoms with E-state index >= 15 is 0 Å². The van der Waals surface area contributed by atoms with Gasteiger partial charge in [-0.3, -0.25) is 14.3 Å². The van der Waals surface area contributed by atoms with Gasteiger partial charge in [0.2, 0.25) is 0 Å². The molecule has 0 unspecified atom stereocenters. The molecule has 0 aromatic carbocycles. The molecule has 6 heteroatoms. The van der Waals surface area contributed by atoms with Crippen LogP contribution in [0.1, 0.15) is 0 Å². The first kappa shape index (κ1) is 9.46. The summed E-state index contributed by atoms with van der Waals surface area (Å²) >= 11 is 2.12. The third kappa shape index (κ3) is 2.78. The number of carbonyl (C=O) groups excluding carboxylic acids is 1. The van der Waals surface area contributed by atoms with Gasteiger partial charge in [0.25, 0.3) is 5.91 Å². The first-order valence-electron chi connectivity index (χ1n) is 3.22. The second-order valence-electron chi connectivity index (χ2n) is 2.09. The minimum absolute atomic E-state index is 0.177. The van der Waals surface area contributed by atoms with Gasteiger partial charge in [-0.2, -0.15) is 5.10 Å². The van der Waals surface area contributed by atoms with Crippen molar-refractivity contribution >= 4 is 28.5 Å². The lowest BCUT2D eigenvalue weighted by Gasteiger charge is -2.00. The van der Waals surface area contributed by atoms with E-state index in [1.54, 1.807) is 12.4 Å². The Morgan fingerprint density at radius 2 is 2.67 bits per heavy atom. The van der Waals surface area contributed by atoms with Crippen LogP contribution in [0.5, 0.6) is 0 Å². The standard InChI is InChI=1S/C6H8IN3O2/c1-12-9-6(11)4-10-3-5(7)2-8-10/h2-3H,4H2,1H3,(H,9,11). The van der Waals surface area contributed by atoms with Crippen LogP contribution in [0, 0.1) is 3.57 Å². The quantitative estimate of drug-likeness (QED) is 0.634. The van der Waals surface area contributed by atoms with Gasteiger partial charge in [-0.05, 0) is 22.6 Å². The molecular formula is C6H8IN3O2. The number of aromatic nitrogens is 2. The molecule has 0 saturated carbocycles. The lowest BCUT2D eigenvalue weighted by molar-refractivity contribution is -0.132. The zero-order chi connectivity index (χ0) is 8.97. The number of nitrogens with one attached hydrogen (secondary N) is 1. The molecule has 0 aliphatic heterocycles. The zero-order valence-corrected chi connectivity index (χ0v) is 8.61. The van der Waals surface area contributed by atoms with Crippen LogP contribution < -0.4 is 5.48 Å². The molecule has 12 heavy (non-hydrogen) atoms. The van der Waals surface area contributed by atoms with Crippen LogP contribution in [0.3, 0.4) is 0 Å². The van der Waals surface area contributed by atoms with Gasteiger partial charge in [0, 0.05) is 6.20 Å². The van der Waals surface area contributed by atoms with E-state index in [9.17, 15) is 4.79 Å². The van der Waals surface area contributed by atoms with Gasteiger partial charge >= 0.3 is 0 Å². The fourth-order valence-corrected chi connectivity index (χ4v) is 1.16. The summed E-state index contributed by atoms with van der Waals surface area (Å²) in [5.74, 6) is -0.225. The number of rotatable bonds is 3. The third-order valence-corrected chi connectivity index (χ3v) is 1.68. The molecule has 1 N–H and O–H groups in total. The highest BCUT2D eigenvalue weighted by Gasteiger charge is 2.01. The predicted molar refractivity (Wildman–Crippen MR) is 50.1 cm³/mol. The van der Waals surface area contributed by atoms with Crippen LogP contribution in [0.2, 0.25) is 0 Å². The van der Waals surface area contributed by atoms with E-state index in [0.29, 0.717) is 0 Å². The average Bonchev–Trinajstić information content (AvgIpc) is 2.36. The first-order valence-corrected chi connectivity index (χ1v) is 4.30. The van der Waals surface area contributed by atoms with Crippen LogP contribution in [0.4, 0.5) is 0 Å². The summed E-state index contributed by atoms with van der Waals surface area (Å²) < 4.78 is 2.54. The van der Waals surface area contributed by atoms with Crippen molar-refractivity contribution < 1.29 is 9.63 Å². The number of hydroxylamine groups is 1. The van der Waals surface area contributed by atoms with Crippen LogP contribution in [-0.4, -0.2) is 22.8 Å². The maximum Gasteiger partial charge on any atom is 0.265 e. The number of hydrogen-bond donors (Lipinski definition) is 1. The summed E-state index contributed by atoms with van der Waals surface area (Å²) in [6, 6.07) is 0. The minimum atomic E-state index is -0.225. The van der Waals surface area contributed by atoms with E-state index in [1.165, 1.54) is 11.8 Å². The fraction of sp³-hybridized carbons (Fsp3) is 0.333. The van der Waals surface area contributed by atoms with E-state index < -0.39 is 0 Å². The lowest BCUT2D eigenvalue weighted by atomic mass is 10.6. The maximum atomic E-state index is 10.9. The van der Waals surface area contributed by atoms with Gasteiger partial charge in [-0.25, -0.2) is 5.48 Å². The Morgan fingerprint density at radius 3 is 3.17 bits per heavy atom. The molecule has 66 valence electrons. The van der Waals surface area contributed by atoms with E-state index in [2.05, 4.69) is 38.0 Å². The summed E-state index contributed by atoms with van der Waals surface area (Å²) in [6.07, 6.45) is 3.45. The molecule has 0 radical (unpaired) electrons. The van der Waals surface area contributed by atoms with Crippen molar-refractivity contribution in [1.29, 1.82) is 0 Å². The second-order valence-corrected chi connectivity index (χ2v) is 3.33. The molecule has 0 atom stereocenters. The van der Waals surface area contributed by atoms with Crippen molar-refractivity contribution in [2.45, 2.75) is 6.54 Å². The molecule has 0 saturated heterocycles. The molecule has 0 aliphatic carbocycles. The smallest absolute Gasteiger partial charge is 0.265 e. The Bertz CT molecular complexity index is 274. The molecule has 1 amide bonds. The largest absolute Gasteiger partial charge is 0.277 e. The minimum Gasteiger partial charge on any atom is -0.277 e. The fourth-order valence-electron chi connectivity index (χ4n) is 0.718. The van der Waals surface area contributed by atoms with Gasteiger partial charge in [0.1, 0.15) is 6.54 Å². The highest BCUT2D eigenvalue weighted by molar-refractivity contribution is 14.1. The van der Waals surface area contributed by atoms with Crippen LogP contribution >= 0.6 is 22.6 Å². The molecule has 1 rings (SSSR count). The molecule has 1 aromatic heterocycles. The Hall–Kier alpha value is -0.630. The van der Waals surface area contributed by atoms with E-state index in [-0.39, 0.29) is 12.5 Å². The highest BCUT2D eigenvalue weighted by Crippen LogP contribution is 2.00. The SMILES string of the molecule is CONC(=O)Cn1cc(I)cn1. The monoisotopic (exact) mass is 281 g/mol. The van der Waals surface area contributed by atoms with Crippen molar-refractivity contribution in [2.75, 3.05) is 7.11 Å². The number of hydrogen-bond acceptors (Lipinski definition) is 3. The topological polar surface area (TPSA) is 56.1 Å². The molecule has 0 aliphatic rings. The van der Waals surface area contributed by atoms with Crippen molar-refractivity contribution in [3.05, 3.63) is 16.0 Å². The van der Waals surface area contributed by atoms with Crippen molar-refractivity contribution in [3.8, 4) is 0 Å². The van der Waals surface area contributed by atoms with Crippen LogP contribution in [0.15, 0.2) is 12.4 Å². The van der Waals surface area contributed by atoms with Gasteiger partial charge in [0.05, 0.1) is 16.9 Å². The van der Waals surface area contributed by atoms with Crippen LogP contribution in [0.25, 0.3) is 0 Å². The Morgan fingerprint density at radius 1 is 1.92 bits per heavy atom. The number of nitrogens with zero attached hydrogens (tertiary/aromatic N) is 2. The average molecular weight is 281 g/mol. The zero-order valence-electron chi connectivity index (χ0n) is 6.45. The summed E-state index contributed by atoms with van der Waals surface area (Å²) in [5.41, 5.74) is 2.20. The summed E-state index contributed by atoms with van der Waals surface area (Å²) in [4.78, 5) is 15.4. The maximum absolute atomic E-state index is 10.9. The molecule has 1 heterocycles. The number of carbonyl (C=O) groups is 1. The Labute approximate surface area is 83.2 Å². The van der Waals surface area contributed by atoms with E-state index in [4.69, 9.17) is 0 Å². The molecule has 5 nitrogen and oxygen atoms in total. The van der Waals surface area contributed by atoms with Crippen LogP contribution in [-0.2, 0) is 16.2 Å². The van der Waals surface area contributed by atoms with Gasteiger partial charge < -0.3 is 0 Å². The molecule has 0 spiro atoms. The normalized spacial score (nSPS) is 9.83.